The van der Waals surface area contributed by atoms with Crippen LogP contribution in [0.25, 0.3) is 11.1 Å². The standard InChI is InChI=1S/C23H25N5O2/c1-30-21-10-8-17(9-11-21)18-15-24-22(25-16-18)26-19-6-5-7-20(14-19)27-23(29)28-12-3-2-4-13-28/h5-11,14-16H,2-4,12-13H2,1H3,(H,27,29)(H,24,25,26). The summed E-state index contributed by atoms with van der Waals surface area (Å²) in [6.45, 7) is 1.64. The van der Waals surface area contributed by atoms with Crippen LogP contribution in [0.4, 0.5) is 22.1 Å². The summed E-state index contributed by atoms with van der Waals surface area (Å²) in [7, 11) is 1.65. The van der Waals surface area contributed by atoms with Gasteiger partial charge in [0.2, 0.25) is 5.95 Å². The highest BCUT2D eigenvalue weighted by Crippen LogP contribution is 2.23. The fourth-order valence-corrected chi connectivity index (χ4v) is 3.43. The second-order valence-electron chi connectivity index (χ2n) is 7.21. The minimum atomic E-state index is -0.0491. The Bertz CT molecular complexity index is 983. The molecule has 3 aromatic rings. The molecule has 30 heavy (non-hydrogen) atoms. The molecule has 0 spiro atoms. The number of nitrogens with one attached hydrogen (secondary N) is 2. The number of carbonyl (C=O) groups is 1. The van der Waals surface area contributed by atoms with Crippen LogP contribution in [-0.2, 0) is 0 Å². The Hall–Kier alpha value is -3.61. The van der Waals surface area contributed by atoms with Crippen molar-refractivity contribution in [3.05, 3.63) is 60.9 Å². The van der Waals surface area contributed by atoms with Crippen LogP contribution in [0.1, 0.15) is 19.3 Å². The fraction of sp³-hybridized carbons (Fsp3) is 0.261. The number of benzene rings is 2. The third-order valence-electron chi connectivity index (χ3n) is 5.09. The maximum absolute atomic E-state index is 12.4. The van der Waals surface area contributed by atoms with E-state index < -0.39 is 0 Å². The summed E-state index contributed by atoms with van der Waals surface area (Å²) < 4.78 is 5.19. The Morgan fingerprint density at radius 2 is 1.63 bits per heavy atom. The number of piperidine rings is 1. The van der Waals surface area contributed by atoms with Crippen molar-refractivity contribution >= 4 is 23.4 Å². The lowest BCUT2D eigenvalue weighted by molar-refractivity contribution is 0.200. The molecule has 7 heteroatoms. The van der Waals surface area contributed by atoms with Gasteiger partial charge in [0.05, 0.1) is 7.11 Å². The van der Waals surface area contributed by atoms with Gasteiger partial charge in [-0.1, -0.05) is 18.2 Å². The number of ether oxygens (including phenoxy) is 1. The van der Waals surface area contributed by atoms with Crippen LogP contribution in [0.3, 0.4) is 0 Å². The van der Waals surface area contributed by atoms with Crippen molar-refractivity contribution < 1.29 is 9.53 Å². The summed E-state index contributed by atoms with van der Waals surface area (Å²) in [5.74, 6) is 1.30. The van der Waals surface area contributed by atoms with Crippen molar-refractivity contribution in [2.45, 2.75) is 19.3 Å². The Balaban J connectivity index is 1.40. The number of carbonyl (C=O) groups excluding carboxylic acids is 1. The van der Waals surface area contributed by atoms with Gasteiger partial charge in [0, 0.05) is 42.4 Å². The molecule has 2 amide bonds. The summed E-state index contributed by atoms with van der Waals surface area (Å²) >= 11 is 0. The van der Waals surface area contributed by atoms with E-state index >= 15 is 0 Å². The Morgan fingerprint density at radius 3 is 2.33 bits per heavy atom. The topological polar surface area (TPSA) is 79.4 Å². The number of amides is 2. The molecular formula is C23H25N5O2. The summed E-state index contributed by atoms with van der Waals surface area (Å²) in [4.78, 5) is 23.1. The summed E-state index contributed by atoms with van der Waals surface area (Å²) in [5.41, 5.74) is 3.49. The first-order valence-corrected chi connectivity index (χ1v) is 10.1. The maximum Gasteiger partial charge on any atom is 0.321 e. The number of hydrogen-bond donors (Lipinski definition) is 2. The van der Waals surface area contributed by atoms with E-state index in [0.29, 0.717) is 5.95 Å². The van der Waals surface area contributed by atoms with Gasteiger partial charge in [-0.15, -0.1) is 0 Å². The van der Waals surface area contributed by atoms with Gasteiger partial charge in [-0.3, -0.25) is 0 Å². The fourth-order valence-electron chi connectivity index (χ4n) is 3.43. The number of urea groups is 1. The van der Waals surface area contributed by atoms with Crippen molar-refractivity contribution in [1.29, 1.82) is 0 Å². The predicted octanol–water partition coefficient (Wildman–Crippen LogP) is 4.91. The molecule has 2 N–H and O–H groups in total. The third-order valence-corrected chi connectivity index (χ3v) is 5.09. The molecule has 1 aliphatic heterocycles. The minimum Gasteiger partial charge on any atom is -0.497 e. The third kappa shape index (κ3) is 4.86. The predicted molar refractivity (Wildman–Crippen MR) is 118 cm³/mol. The highest BCUT2D eigenvalue weighted by atomic mass is 16.5. The number of anilines is 3. The van der Waals surface area contributed by atoms with E-state index in [1.807, 2.05) is 53.4 Å². The molecule has 1 aliphatic rings. The summed E-state index contributed by atoms with van der Waals surface area (Å²) in [6, 6.07) is 15.3. The molecule has 1 saturated heterocycles. The molecule has 1 aromatic heterocycles. The van der Waals surface area contributed by atoms with E-state index in [0.717, 1.165) is 54.2 Å². The molecule has 0 aliphatic carbocycles. The first-order chi connectivity index (χ1) is 14.7. The smallest absolute Gasteiger partial charge is 0.321 e. The molecule has 1 fully saturated rings. The van der Waals surface area contributed by atoms with Crippen molar-refractivity contribution in [2.75, 3.05) is 30.8 Å². The monoisotopic (exact) mass is 403 g/mol. The van der Waals surface area contributed by atoms with E-state index in [1.165, 1.54) is 6.42 Å². The van der Waals surface area contributed by atoms with Gasteiger partial charge in [-0.05, 0) is 55.2 Å². The average Bonchev–Trinajstić information content (AvgIpc) is 2.80. The number of nitrogens with zero attached hydrogens (tertiary/aromatic N) is 3. The molecule has 0 radical (unpaired) electrons. The summed E-state index contributed by atoms with van der Waals surface area (Å²) in [5, 5.41) is 6.16. The van der Waals surface area contributed by atoms with E-state index in [1.54, 1.807) is 19.5 Å². The highest BCUT2D eigenvalue weighted by Gasteiger charge is 2.16. The lowest BCUT2D eigenvalue weighted by atomic mass is 10.1. The normalized spacial score (nSPS) is 13.6. The molecular weight excluding hydrogens is 378 g/mol. The van der Waals surface area contributed by atoms with Crippen LogP contribution >= 0.6 is 0 Å². The van der Waals surface area contributed by atoms with Crippen LogP contribution in [0.2, 0.25) is 0 Å². The van der Waals surface area contributed by atoms with Crippen LogP contribution in [0.15, 0.2) is 60.9 Å². The van der Waals surface area contributed by atoms with Crippen LogP contribution in [-0.4, -0.2) is 41.1 Å². The largest absolute Gasteiger partial charge is 0.497 e. The highest BCUT2D eigenvalue weighted by molar-refractivity contribution is 5.90. The van der Waals surface area contributed by atoms with Gasteiger partial charge < -0.3 is 20.3 Å². The van der Waals surface area contributed by atoms with E-state index in [2.05, 4.69) is 20.6 Å². The number of likely N-dealkylation sites (tertiary alicyclic amines) is 1. The van der Waals surface area contributed by atoms with Crippen molar-refractivity contribution in [3.8, 4) is 16.9 Å². The Labute approximate surface area is 176 Å². The van der Waals surface area contributed by atoms with Crippen molar-refractivity contribution in [3.63, 3.8) is 0 Å². The van der Waals surface area contributed by atoms with Crippen LogP contribution in [0, 0.1) is 0 Å². The van der Waals surface area contributed by atoms with E-state index in [-0.39, 0.29) is 6.03 Å². The van der Waals surface area contributed by atoms with Gasteiger partial charge in [-0.25, -0.2) is 14.8 Å². The first kappa shape index (κ1) is 19.7. The summed E-state index contributed by atoms with van der Waals surface area (Å²) in [6.07, 6.45) is 6.89. The number of rotatable bonds is 5. The van der Waals surface area contributed by atoms with Gasteiger partial charge in [0.15, 0.2) is 0 Å². The van der Waals surface area contributed by atoms with Crippen molar-refractivity contribution in [2.24, 2.45) is 0 Å². The SMILES string of the molecule is COc1ccc(-c2cnc(Nc3cccc(NC(=O)N4CCCCC4)c3)nc2)cc1. The quantitative estimate of drug-likeness (QED) is 0.632. The molecule has 2 heterocycles. The molecule has 7 nitrogen and oxygen atoms in total. The lowest BCUT2D eigenvalue weighted by Crippen LogP contribution is -2.38. The minimum absolute atomic E-state index is 0.0491. The molecule has 4 rings (SSSR count). The zero-order valence-electron chi connectivity index (χ0n) is 17.0. The lowest BCUT2D eigenvalue weighted by Gasteiger charge is -2.26. The van der Waals surface area contributed by atoms with Crippen LogP contribution < -0.4 is 15.4 Å². The molecule has 2 aromatic carbocycles. The molecule has 0 unspecified atom stereocenters. The molecule has 154 valence electrons. The number of aromatic nitrogens is 2. The maximum atomic E-state index is 12.4. The van der Waals surface area contributed by atoms with E-state index in [9.17, 15) is 4.79 Å². The molecule has 0 saturated carbocycles. The van der Waals surface area contributed by atoms with Gasteiger partial charge in [-0.2, -0.15) is 0 Å². The van der Waals surface area contributed by atoms with Crippen LogP contribution in [0.5, 0.6) is 5.75 Å². The number of methoxy groups -OCH3 is 1. The zero-order chi connectivity index (χ0) is 20.8. The van der Waals surface area contributed by atoms with Gasteiger partial charge >= 0.3 is 6.03 Å². The average molecular weight is 403 g/mol. The second kappa shape index (κ2) is 9.26. The number of hydrogen-bond acceptors (Lipinski definition) is 5. The Morgan fingerprint density at radius 1 is 0.933 bits per heavy atom. The van der Waals surface area contributed by atoms with E-state index in [4.69, 9.17) is 4.74 Å². The first-order valence-electron chi connectivity index (χ1n) is 10.1. The second-order valence-corrected chi connectivity index (χ2v) is 7.21. The molecule has 0 bridgehead atoms. The van der Waals surface area contributed by atoms with Gasteiger partial charge in [0.1, 0.15) is 5.75 Å². The zero-order valence-corrected chi connectivity index (χ0v) is 17.0. The van der Waals surface area contributed by atoms with Crippen molar-refractivity contribution in [1.82, 2.24) is 14.9 Å². The molecule has 0 atom stereocenters. The Kier molecular flexibility index (Phi) is 6.08. The van der Waals surface area contributed by atoms with Gasteiger partial charge in [0.25, 0.3) is 0 Å².